The Morgan fingerprint density at radius 3 is 2.65 bits per heavy atom. The average molecular weight is 232 g/mol. The third-order valence-corrected chi connectivity index (χ3v) is 2.42. The van der Waals surface area contributed by atoms with Gasteiger partial charge in [-0.1, -0.05) is 6.92 Å². The summed E-state index contributed by atoms with van der Waals surface area (Å²) < 4.78 is 1.93. The Balaban J connectivity index is 2.33. The molecule has 6 nitrogen and oxygen atoms in total. The molecule has 0 saturated heterocycles. The topological polar surface area (TPSA) is 73.8 Å². The highest BCUT2D eigenvalue weighted by molar-refractivity contribution is 5.57. The first-order valence-corrected chi connectivity index (χ1v) is 5.35. The van der Waals surface area contributed by atoms with Crippen molar-refractivity contribution in [2.24, 2.45) is 0 Å². The number of nitrogens with zero attached hydrogens (tertiary/aromatic N) is 4. The summed E-state index contributed by atoms with van der Waals surface area (Å²) in [6.07, 6.45) is 2.65. The molecule has 2 aromatic rings. The molecule has 0 bridgehead atoms. The van der Waals surface area contributed by atoms with Gasteiger partial charge in [-0.2, -0.15) is 0 Å². The molecule has 0 radical (unpaired) electrons. The van der Waals surface area contributed by atoms with Crippen LogP contribution >= 0.6 is 0 Å². The van der Waals surface area contributed by atoms with E-state index in [-0.39, 0.29) is 5.69 Å². The molecular weight excluding hydrogens is 220 g/mol. The number of nitro groups is 1. The van der Waals surface area contributed by atoms with Gasteiger partial charge in [0.25, 0.3) is 5.69 Å². The molecule has 0 saturated carbocycles. The standard InChI is InChI=1S/C11H12N4O2/c1-2-7-14-8-12-13-11(14)9-3-5-10(6-4-9)15(16)17/h3-6,8H,2,7H2,1H3. The average Bonchev–Trinajstić information content (AvgIpc) is 2.78. The fraction of sp³-hybridized carbons (Fsp3) is 0.273. The minimum atomic E-state index is -0.416. The van der Waals surface area contributed by atoms with Gasteiger partial charge in [0, 0.05) is 24.2 Å². The van der Waals surface area contributed by atoms with E-state index in [1.54, 1.807) is 18.5 Å². The Morgan fingerprint density at radius 2 is 2.06 bits per heavy atom. The lowest BCUT2D eigenvalue weighted by molar-refractivity contribution is -0.384. The normalized spacial score (nSPS) is 10.4. The quantitative estimate of drug-likeness (QED) is 0.598. The summed E-state index contributed by atoms with van der Waals surface area (Å²) in [7, 11) is 0. The molecule has 1 heterocycles. The van der Waals surface area contributed by atoms with E-state index in [0.29, 0.717) is 0 Å². The molecule has 0 aliphatic heterocycles. The Kier molecular flexibility index (Phi) is 3.13. The molecule has 0 amide bonds. The first kappa shape index (κ1) is 11.3. The lowest BCUT2D eigenvalue weighted by atomic mass is 10.2. The van der Waals surface area contributed by atoms with Gasteiger partial charge >= 0.3 is 0 Å². The van der Waals surface area contributed by atoms with Crippen LogP contribution in [0.4, 0.5) is 5.69 Å². The van der Waals surface area contributed by atoms with E-state index < -0.39 is 4.92 Å². The summed E-state index contributed by atoms with van der Waals surface area (Å²) in [5, 5.41) is 18.4. The van der Waals surface area contributed by atoms with Gasteiger partial charge in [-0.25, -0.2) is 0 Å². The van der Waals surface area contributed by atoms with Gasteiger partial charge in [0.1, 0.15) is 6.33 Å². The molecule has 0 N–H and O–H groups in total. The van der Waals surface area contributed by atoms with Crippen molar-refractivity contribution in [2.75, 3.05) is 0 Å². The third-order valence-electron chi connectivity index (χ3n) is 2.42. The van der Waals surface area contributed by atoms with Crippen LogP contribution in [0.1, 0.15) is 13.3 Å². The maximum atomic E-state index is 10.5. The molecule has 0 unspecified atom stereocenters. The van der Waals surface area contributed by atoms with Gasteiger partial charge < -0.3 is 4.57 Å². The molecule has 88 valence electrons. The monoisotopic (exact) mass is 232 g/mol. The maximum Gasteiger partial charge on any atom is 0.269 e. The second kappa shape index (κ2) is 4.73. The first-order valence-electron chi connectivity index (χ1n) is 5.35. The van der Waals surface area contributed by atoms with Crippen LogP contribution in [-0.2, 0) is 6.54 Å². The van der Waals surface area contributed by atoms with Crippen molar-refractivity contribution >= 4 is 5.69 Å². The van der Waals surface area contributed by atoms with Crippen molar-refractivity contribution in [3.05, 3.63) is 40.7 Å². The molecule has 0 aliphatic rings. The van der Waals surface area contributed by atoms with Gasteiger partial charge in [0.15, 0.2) is 5.82 Å². The number of hydrogen-bond acceptors (Lipinski definition) is 4. The van der Waals surface area contributed by atoms with Gasteiger partial charge in [0.05, 0.1) is 4.92 Å². The summed E-state index contributed by atoms with van der Waals surface area (Å²) >= 11 is 0. The highest BCUT2D eigenvalue weighted by atomic mass is 16.6. The SMILES string of the molecule is CCCn1cnnc1-c1ccc([N+](=O)[O-])cc1. The van der Waals surface area contributed by atoms with Crippen molar-refractivity contribution in [3.8, 4) is 11.4 Å². The predicted octanol–water partition coefficient (Wildman–Crippen LogP) is 2.26. The van der Waals surface area contributed by atoms with E-state index in [0.717, 1.165) is 24.4 Å². The molecule has 17 heavy (non-hydrogen) atoms. The molecule has 2 rings (SSSR count). The highest BCUT2D eigenvalue weighted by Crippen LogP contribution is 2.20. The van der Waals surface area contributed by atoms with Crippen LogP contribution in [-0.4, -0.2) is 19.7 Å². The minimum absolute atomic E-state index is 0.0790. The van der Waals surface area contributed by atoms with E-state index in [4.69, 9.17) is 0 Å². The summed E-state index contributed by atoms with van der Waals surface area (Å²) in [6.45, 7) is 2.90. The lowest BCUT2D eigenvalue weighted by Crippen LogP contribution is -1.98. The van der Waals surface area contributed by atoms with E-state index >= 15 is 0 Å². The minimum Gasteiger partial charge on any atom is -0.314 e. The van der Waals surface area contributed by atoms with Crippen LogP contribution < -0.4 is 0 Å². The number of benzene rings is 1. The van der Waals surface area contributed by atoms with Gasteiger partial charge in [0.2, 0.25) is 0 Å². The van der Waals surface area contributed by atoms with Crippen molar-refractivity contribution in [1.29, 1.82) is 0 Å². The van der Waals surface area contributed by atoms with E-state index in [1.807, 2.05) is 4.57 Å². The fourth-order valence-electron chi connectivity index (χ4n) is 1.62. The van der Waals surface area contributed by atoms with E-state index in [9.17, 15) is 10.1 Å². The zero-order valence-electron chi connectivity index (χ0n) is 9.41. The van der Waals surface area contributed by atoms with Crippen molar-refractivity contribution in [1.82, 2.24) is 14.8 Å². The largest absolute Gasteiger partial charge is 0.314 e. The molecule has 0 aliphatic carbocycles. The molecular formula is C11H12N4O2. The summed E-state index contributed by atoms with van der Waals surface area (Å²) in [5.41, 5.74) is 0.914. The van der Waals surface area contributed by atoms with Gasteiger partial charge in [-0.3, -0.25) is 10.1 Å². The van der Waals surface area contributed by atoms with Gasteiger partial charge in [-0.15, -0.1) is 10.2 Å². The molecule has 1 aromatic heterocycles. The smallest absolute Gasteiger partial charge is 0.269 e. The highest BCUT2D eigenvalue weighted by Gasteiger charge is 2.09. The Bertz CT molecular complexity index is 519. The number of aryl methyl sites for hydroxylation is 1. The number of aromatic nitrogens is 3. The number of nitro benzene ring substituents is 1. The number of rotatable bonds is 4. The maximum absolute atomic E-state index is 10.5. The lowest BCUT2D eigenvalue weighted by Gasteiger charge is -2.04. The van der Waals surface area contributed by atoms with Gasteiger partial charge in [-0.05, 0) is 18.6 Å². The molecule has 1 aromatic carbocycles. The van der Waals surface area contributed by atoms with E-state index in [1.165, 1.54) is 12.1 Å². The summed E-state index contributed by atoms with van der Waals surface area (Å²) in [5.74, 6) is 0.738. The van der Waals surface area contributed by atoms with Crippen LogP contribution in [0.25, 0.3) is 11.4 Å². The Morgan fingerprint density at radius 1 is 1.35 bits per heavy atom. The van der Waals surface area contributed by atoms with Crippen LogP contribution in [0.5, 0.6) is 0 Å². The summed E-state index contributed by atoms with van der Waals surface area (Å²) in [6, 6.07) is 6.32. The van der Waals surface area contributed by atoms with Crippen molar-refractivity contribution < 1.29 is 4.92 Å². The Labute approximate surface area is 98.1 Å². The third kappa shape index (κ3) is 2.30. The molecule has 6 heteroatoms. The second-order valence-corrected chi connectivity index (χ2v) is 3.65. The van der Waals surface area contributed by atoms with Crippen LogP contribution in [0.2, 0.25) is 0 Å². The zero-order chi connectivity index (χ0) is 12.3. The second-order valence-electron chi connectivity index (χ2n) is 3.65. The fourth-order valence-corrected chi connectivity index (χ4v) is 1.62. The van der Waals surface area contributed by atoms with Crippen molar-refractivity contribution in [3.63, 3.8) is 0 Å². The van der Waals surface area contributed by atoms with Crippen LogP contribution in [0.15, 0.2) is 30.6 Å². The van der Waals surface area contributed by atoms with Crippen LogP contribution in [0.3, 0.4) is 0 Å². The first-order chi connectivity index (χ1) is 8.22. The molecule has 0 spiro atoms. The number of hydrogen-bond donors (Lipinski definition) is 0. The zero-order valence-corrected chi connectivity index (χ0v) is 9.41. The predicted molar refractivity (Wildman–Crippen MR) is 62.4 cm³/mol. The number of non-ortho nitro benzene ring substituents is 1. The van der Waals surface area contributed by atoms with Crippen molar-refractivity contribution in [2.45, 2.75) is 19.9 Å². The van der Waals surface area contributed by atoms with E-state index in [2.05, 4.69) is 17.1 Å². The van der Waals surface area contributed by atoms with Crippen LogP contribution in [0, 0.1) is 10.1 Å². The Hall–Kier alpha value is -2.24. The summed E-state index contributed by atoms with van der Waals surface area (Å²) in [4.78, 5) is 10.1. The molecule has 0 fully saturated rings. The molecule has 0 atom stereocenters.